The largest absolute Gasteiger partial charge is 0.381 e. The van der Waals surface area contributed by atoms with E-state index < -0.39 is 11.9 Å². The van der Waals surface area contributed by atoms with E-state index in [1.54, 1.807) is 23.7 Å². The van der Waals surface area contributed by atoms with Crippen LogP contribution in [0.1, 0.15) is 28.7 Å². The summed E-state index contributed by atoms with van der Waals surface area (Å²) in [6, 6.07) is 10.5. The molecular formula is C23H18FN3O2S. The van der Waals surface area contributed by atoms with E-state index in [4.69, 9.17) is 4.74 Å². The van der Waals surface area contributed by atoms with Gasteiger partial charge in [0.2, 0.25) is 0 Å². The monoisotopic (exact) mass is 419 g/mol. The predicted molar refractivity (Wildman–Crippen MR) is 115 cm³/mol. The highest BCUT2D eigenvalue weighted by molar-refractivity contribution is 7.09. The highest BCUT2D eigenvalue weighted by Gasteiger charge is 2.18. The minimum Gasteiger partial charge on any atom is -0.381 e. The van der Waals surface area contributed by atoms with Crippen molar-refractivity contribution in [3.05, 3.63) is 82.3 Å². The summed E-state index contributed by atoms with van der Waals surface area (Å²) >= 11 is 1.35. The first kappa shape index (κ1) is 19.0. The summed E-state index contributed by atoms with van der Waals surface area (Å²) in [6.07, 6.45) is 5.11. The number of hydrogen-bond acceptors (Lipinski definition) is 6. The number of nitrogens with zero attached hydrogens (tertiary/aromatic N) is 3. The summed E-state index contributed by atoms with van der Waals surface area (Å²) in [4.78, 5) is 12.9. The average molecular weight is 419 g/mol. The third kappa shape index (κ3) is 3.52. The van der Waals surface area contributed by atoms with E-state index in [0.717, 1.165) is 22.9 Å². The van der Waals surface area contributed by atoms with Crippen molar-refractivity contribution in [1.82, 2.24) is 15.0 Å². The highest BCUT2D eigenvalue weighted by atomic mass is 32.1. The maximum absolute atomic E-state index is 14.8. The average Bonchev–Trinajstić information content (AvgIpc) is 3.34. The molecule has 0 amide bonds. The molecule has 0 saturated carbocycles. The quantitative estimate of drug-likeness (QED) is 0.516. The first-order valence-electron chi connectivity index (χ1n) is 9.60. The molecule has 5 rings (SSSR count). The van der Waals surface area contributed by atoms with E-state index in [9.17, 15) is 9.50 Å². The number of thiazole rings is 1. The Morgan fingerprint density at radius 3 is 2.83 bits per heavy atom. The molecule has 2 aromatic carbocycles. The van der Waals surface area contributed by atoms with Crippen LogP contribution in [0.4, 0.5) is 4.39 Å². The Hall–Kier alpha value is -3.00. The Morgan fingerprint density at radius 2 is 2.03 bits per heavy atom. The summed E-state index contributed by atoms with van der Waals surface area (Å²) in [7, 11) is 0. The van der Waals surface area contributed by atoms with E-state index in [1.807, 2.05) is 18.2 Å². The Kier molecular flexibility index (Phi) is 5.08. The molecule has 2 aromatic heterocycles. The number of ether oxygens (including phenoxy) is 1. The second-order valence-electron chi connectivity index (χ2n) is 7.02. The number of aliphatic hydroxyl groups excluding tert-OH is 1. The molecule has 1 atom stereocenters. The van der Waals surface area contributed by atoms with Crippen LogP contribution in [-0.2, 0) is 4.74 Å². The molecule has 1 aliphatic heterocycles. The van der Waals surface area contributed by atoms with Gasteiger partial charge in [0, 0.05) is 22.5 Å². The number of halogens is 1. The molecule has 0 aliphatic carbocycles. The smallest absolute Gasteiger partial charge is 0.132 e. The van der Waals surface area contributed by atoms with Crippen LogP contribution < -0.4 is 0 Å². The third-order valence-corrected chi connectivity index (χ3v) is 6.05. The molecule has 1 N–H and O–H groups in total. The van der Waals surface area contributed by atoms with Gasteiger partial charge >= 0.3 is 0 Å². The fourth-order valence-corrected chi connectivity index (χ4v) is 4.32. The summed E-state index contributed by atoms with van der Waals surface area (Å²) in [5, 5.41) is 13.7. The van der Waals surface area contributed by atoms with E-state index in [0.29, 0.717) is 35.0 Å². The van der Waals surface area contributed by atoms with Crippen molar-refractivity contribution >= 4 is 27.8 Å². The maximum Gasteiger partial charge on any atom is 0.132 e. The molecule has 1 aliphatic rings. The zero-order chi connectivity index (χ0) is 20.5. The molecule has 4 aromatic rings. The lowest BCUT2D eigenvalue weighted by Crippen LogP contribution is -2.04. The zero-order valence-corrected chi connectivity index (χ0v) is 16.8. The molecule has 0 bridgehead atoms. The SMILES string of the molecule is OC(c1ccc(F)c(-c2ncnc3cc(C4=CCOCC4)ccc23)c1)c1nccs1. The first-order chi connectivity index (χ1) is 14.7. The van der Waals surface area contributed by atoms with Crippen LogP contribution in [0, 0.1) is 5.82 Å². The number of aliphatic hydroxyl groups is 1. The normalized spacial score (nSPS) is 15.2. The van der Waals surface area contributed by atoms with Gasteiger partial charge in [-0.3, -0.25) is 0 Å². The Bertz CT molecular complexity index is 1240. The van der Waals surface area contributed by atoms with Gasteiger partial charge in [-0.15, -0.1) is 11.3 Å². The second-order valence-corrected chi connectivity index (χ2v) is 7.95. The molecule has 30 heavy (non-hydrogen) atoms. The molecule has 0 fully saturated rings. The fourth-order valence-electron chi connectivity index (χ4n) is 3.67. The second kappa shape index (κ2) is 8.02. The van der Waals surface area contributed by atoms with E-state index in [1.165, 1.54) is 29.3 Å². The third-order valence-electron chi connectivity index (χ3n) is 5.22. The van der Waals surface area contributed by atoms with Crippen LogP contribution >= 0.6 is 11.3 Å². The van der Waals surface area contributed by atoms with E-state index >= 15 is 0 Å². The number of rotatable bonds is 4. The first-order valence-corrected chi connectivity index (χ1v) is 10.5. The summed E-state index contributed by atoms with van der Waals surface area (Å²) in [5.41, 5.74) is 4.45. The lowest BCUT2D eigenvalue weighted by atomic mass is 9.97. The highest BCUT2D eigenvalue weighted by Crippen LogP contribution is 2.33. The van der Waals surface area contributed by atoms with Gasteiger partial charge in [0.15, 0.2) is 0 Å². The Morgan fingerprint density at radius 1 is 1.10 bits per heavy atom. The molecule has 5 nitrogen and oxygen atoms in total. The van der Waals surface area contributed by atoms with Crippen molar-refractivity contribution in [2.24, 2.45) is 0 Å². The van der Waals surface area contributed by atoms with Crippen LogP contribution in [0.25, 0.3) is 27.7 Å². The molecule has 150 valence electrons. The van der Waals surface area contributed by atoms with Gasteiger partial charge in [-0.2, -0.15) is 0 Å². The topological polar surface area (TPSA) is 68.1 Å². The van der Waals surface area contributed by atoms with E-state index in [-0.39, 0.29) is 0 Å². The maximum atomic E-state index is 14.8. The minimum absolute atomic E-state index is 0.327. The van der Waals surface area contributed by atoms with Crippen molar-refractivity contribution in [1.29, 1.82) is 0 Å². The summed E-state index contributed by atoms with van der Waals surface area (Å²) in [6.45, 7) is 1.32. The molecule has 0 radical (unpaired) electrons. The van der Waals surface area contributed by atoms with Crippen LogP contribution in [0.5, 0.6) is 0 Å². The van der Waals surface area contributed by atoms with Crippen molar-refractivity contribution < 1.29 is 14.2 Å². The van der Waals surface area contributed by atoms with Gasteiger partial charge in [-0.05, 0) is 41.3 Å². The predicted octanol–water partition coefficient (Wildman–Crippen LogP) is 4.78. The van der Waals surface area contributed by atoms with Gasteiger partial charge < -0.3 is 9.84 Å². The minimum atomic E-state index is -0.912. The number of hydrogen-bond donors (Lipinski definition) is 1. The lowest BCUT2D eigenvalue weighted by Gasteiger charge is -2.15. The standard InChI is InChI=1S/C23H18FN3O2S/c24-19-4-2-16(22(28)23-25-7-10-30-23)11-18(19)21-17-3-1-15(12-20(17)26-13-27-21)14-5-8-29-9-6-14/h1-5,7,10-13,22,28H,6,8-9H2. The van der Waals surface area contributed by atoms with Gasteiger partial charge in [0.25, 0.3) is 0 Å². The van der Waals surface area contributed by atoms with Gasteiger partial charge in [-0.1, -0.05) is 24.3 Å². The zero-order valence-electron chi connectivity index (χ0n) is 16.0. The van der Waals surface area contributed by atoms with Crippen molar-refractivity contribution in [2.75, 3.05) is 13.2 Å². The Labute approximate surface area is 176 Å². The van der Waals surface area contributed by atoms with Gasteiger partial charge in [0.1, 0.15) is 23.3 Å². The number of aromatic nitrogens is 3. The summed E-state index contributed by atoms with van der Waals surface area (Å²) < 4.78 is 20.2. The Balaban J connectivity index is 1.59. The van der Waals surface area contributed by atoms with E-state index in [2.05, 4.69) is 21.0 Å². The van der Waals surface area contributed by atoms with Crippen molar-refractivity contribution in [3.63, 3.8) is 0 Å². The van der Waals surface area contributed by atoms with Crippen molar-refractivity contribution in [2.45, 2.75) is 12.5 Å². The molecular weight excluding hydrogens is 401 g/mol. The molecule has 0 spiro atoms. The van der Waals surface area contributed by atoms with Gasteiger partial charge in [-0.25, -0.2) is 19.3 Å². The molecule has 1 unspecified atom stereocenters. The lowest BCUT2D eigenvalue weighted by molar-refractivity contribution is 0.161. The van der Waals surface area contributed by atoms with Gasteiger partial charge in [0.05, 0.1) is 24.4 Å². The van der Waals surface area contributed by atoms with Crippen molar-refractivity contribution in [3.8, 4) is 11.3 Å². The molecule has 0 saturated heterocycles. The number of fused-ring (bicyclic) bond motifs is 1. The number of benzene rings is 2. The van der Waals surface area contributed by atoms with Crippen LogP contribution in [0.2, 0.25) is 0 Å². The van der Waals surface area contributed by atoms with Crippen LogP contribution in [0.15, 0.2) is 60.4 Å². The van der Waals surface area contributed by atoms with Crippen LogP contribution in [0.3, 0.4) is 0 Å². The fraction of sp³-hybridized carbons (Fsp3) is 0.174. The van der Waals surface area contributed by atoms with Crippen LogP contribution in [-0.4, -0.2) is 33.3 Å². The molecule has 7 heteroatoms. The summed E-state index contributed by atoms with van der Waals surface area (Å²) in [5.74, 6) is -0.402. The molecule has 3 heterocycles.